The fourth-order valence-electron chi connectivity index (χ4n) is 4.49. The van der Waals surface area contributed by atoms with Gasteiger partial charge < -0.3 is 9.64 Å². The van der Waals surface area contributed by atoms with Crippen LogP contribution < -0.4 is 4.74 Å². The number of ketones is 2. The summed E-state index contributed by atoms with van der Waals surface area (Å²) in [5.74, 6) is -0.184. The number of Topliss-reactive ketones (excluding diaryl/α,β-unsaturated/α-hetero) is 2. The zero-order valence-electron chi connectivity index (χ0n) is 18.5. The number of ether oxygens (including phenoxy) is 1. The standard InChI is InChI=1S/C24H27FN2O5S/c1-32-20-7-8-23-21(15-20)22(28)16-27(33(23,30)31)12-2-11-26-13-9-18(10-14-26)24(29)17-3-5-19(25)6-4-17/h3-8,15,18H,2,9-14,16H2,1H3. The van der Waals surface area contributed by atoms with Gasteiger partial charge in [-0.1, -0.05) is 0 Å². The summed E-state index contributed by atoms with van der Waals surface area (Å²) in [5, 5.41) is 0. The Kier molecular flexibility index (Phi) is 6.92. The van der Waals surface area contributed by atoms with Crippen LogP contribution in [0.25, 0.3) is 0 Å². The third-order valence-electron chi connectivity index (χ3n) is 6.39. The lowest BCUT2D eigenvalue weighted by atomic mass is 9.89. The average Bonchev–Trinajstić information content (AvgIpc) is 2.82. The van der Waals surface area contributed by atoms with Gasteiger partial charge in [0.1, 0.15) is 11.6 Å². The van der Waals surface area contributed by atoms with Crippen LogP contribution in [0.1, 0.15) is 40.0 Å². The first kappa shape index (κ1) is 23.5. The Morgan fingerprint density at radius 1 is 1.09 bits per heavy atom. The van der Waals surface area contributed by atoms with Gasteiger partial charge >= 0.3 is 0 Å². The number of carbonyl (C=O) groups excluding carboxylic acids is 2. The van der Waals surface area contributed by atoms with Gasteiger partial charge in [-0.25, -0.2) is 12.8 Å². The second kappa shape index (κ2) is 9.70. The maximum absolute atomic E-state index is 13.1. The Bertz CT molecular complexity index is 1140. The number of piperidine rings is 1. The van der Waals surface area contributed by atoms with E-state index < -0.39 is 10.0 Å². The molecule has 2 aliphatic heterocycles. The monoisotopic (exact) mass is 474 g/mol. The van der Waals surface area contributed by atoms with Gasteiger partial charge in [0.25, 0.3) is 0 Å². The maximum atomic E-state index is 13.1. The minimum atomic E-state index is -3.73. The molecule has 0 atom stereocenters. The lowest BCUT2D eigenvalue weighted by Gasteiger charge is -2.32. The molecule has 1 saturated heterocycles. The molecular weight excluding hydrogens is 447 g/mol. The fourth-order valence-corrected chi connectivity index (χ4v) is 6.11. The van der Waals surface area contributed by atoms with Gasteiger partial charge in [0.05, 0.1) is 18.6 Å². The number of hydrogen-bond donors (Lipinski definition) is 0. The second-order valence-corrected chi connectivity index (χ2v) is 10.4. The zero-order chi connectivity index (χ0) is 23.6. The Labute approximate surface area is 193 Å². The summed E-state index contributed by atoms with van der Waals surface area (Å²) >= 11 is 0. The van der Waals surface area contributed by atoms with Crippen LogP contribution in [-0.4, -0.2) is 69.0 Å². The van der Waals surface area contributed by atoms with Gasteiger partial charge in [0.2, 0.25) is 10.0 Å². The highest BCUT2D eigenvalue weighted by atomic mass is 32.2. The van der Waals surface area contributed by atoms with Crippen LogP contribution in [-0.2, 0) is 10.0 Å². The van der Waals surface area contributed by atoms with Crippen molar-refractivity contribution in [3.05, 3.63) is 59.4 Å². The molecule has 0 unspecified atom stereocenters. The Morgan fingerprint density at radius 2 is 1.79 bits per heavy atom. The summed E-state index contributed by atoms with van der Waals surface area (Å²) in [7, 11) is -2.26. The predicted molar refractivity (Wildman–Crippen MR) is 121 cm³/mol. The van der Waals surface area contributed by atoms with Gasteiger partial charge in [-0.3, -0.25) is 9.59 Å². The Morgan fingerprint density at radius 3 is 2.45 bits per heavy atom. The van der Waals surface area contributed by atoms with Crippen molar-refractivity contribution < 1.29 is 27.1 Å². The van der Waals surface area contributed by atoms with Crippen molar-refractivity contribution in [2.24, 2.45) is 5.92 Å². The van der Waals surface area contributed by atoms with E-state index in [9.17, 15) is 22.4 Å². The zero-order valence-corrected chi connectivity index (χ0v) is 19.3. The number of rotatable bonds is 7. The Balaban J connectivity index is 1.29. The van der Waals surface area contributed by atoms with E-state index >= 15 is 0 Å². The van der Waals surface area contributed by atoms with Crippen molar-refractivity contribution in [2.45, 2.75) is 24.2 Å². The fraction of sp³-hybridized carbons (Fsp3) is 0.417. The van der Waals surface area contributed by atoms with Crippen molar-refractivity contribution in [2.75, 3.05) is 39.8 Å². The molecule has 4 rings (SSSR count). The van der Waals surface area contributed by atoms with Crippen LogP contribution in [0.2, 0.25) is 0 Å². The van der Waals surface area contributed by atoms with E-state index in [-0.39, 0.29) is 46.9 Å². The largest absolute Gasteiger partial charge is 0.497 e. The van der Waals surface area contributed by atoms with E-state index in [4.69, 9.17) is 4.74 Å². The molecule has 9 heteroatoms. The first-order valence-corrected chi connectivity index (χ1v) is 12.5. The molecule has 0 bridgehead atoms. The summed E-state index contributed by atoms with van der Waals surface area (Å²) in [6.07, 6.45) is 2.02. The molecule has 0 saturated carbocycles. The molecular formula is C24H27FN2O5S. The molecule has 0 spiro atoms. The highest BCUT2D eigenvalue weighted by molar-refractivity contribution is 7.89. The molecule has 0 N–H and O–H groups in total. The number of fused-ring (bicyclic) bond motifs is 1. The van der Waals surface area contributed by atoms with E-state index in [1.54, 1.807) is 6.07 Å². The van der Waals surface area contributed by atoms with Gasteiger partial charge in [-0.2, -0.15) is 4.31 Å². The number of likely N-dealkylation sites (tertiary alicyclic amines) is 1. The highest BCUT2D eigenvalue weighted by Crippen LogP contribution is 2.29. The average molecular weight is 475 g/mol. The van der Waals surface area contributed by atoms with Crippen LogP contribution in [0, 0.1) is 11.7 Å². The molecule has 176 valence electrons. The number of nitrogens with zero attached hydrogens (tertiary/aromatic N) is 2. The molecule has 0 amide bonds. The molecule has 2 aromatic carbocycles. The summed E-state index contributed by atoms with van der Waals surface area (Å²) in [4.78, 5) is 27.4. The van der Waals surface area contributed by atoms with E-state index in [1.165, 1.54) is 47.8 Å². The van der Waals surface area contributed by atoms with Gasteiger partial charge in [0.15, 0.2) is 11.6 Å². The third kappa shape index (κ3) is 5.00. The number of benzene rings is 2. The lowest BCUT2D eigenvalue weighted by molar-refractivity contribution is 0.0838. The molecule has 7 nitrogen and oxygen atoms in total. The van der Waals surface area contributed by atoms with E-state index in [2.05, 4.69) is 4.90 Å². The summed E-state index contributed by atoms with van der Waals surface area (Å²) in [6.45, 7) is 2.26. The van der Waals surface area contributed by atoms with E-state index in [0.29, 0.717) is 37.1 Å². The number of carbonyl (C=O) groups is 2. The molecule has 2 heterocycles. The summed E-state index contributed by atoms with van der Waals surface area (Å²) in [6, 6.07) is 10.1. The molecule has 2 aromatic rings. The van der Waals surface area contributed by atoms with Crippen LogP contribution in [0.5, 0.6) is 5.75 Å². The van der Waals surface area contributed by atoms with Crippen molar-refractivity contribution in [1.29, 1.82) is 0 Å². The molecule has 33 heavy (non-hydrogen) atoms. The second-order valence-electron chi connectivity index (χ2n) is 8.46. The highest BCUT2D eigenvalue weighted by Gasteiger charge is 2.36. The number of methoxy groups -OCH3 is 1. The molecule has 2 aliphatic rings. The SMILES string of the molecule is COc1ccc2c(c1)C(=O)CN(CCCN1CCC(C(=O)c3ccc(F)cc3)CC1)S2(=O)=O. The summed E-state index contributed by atoms with van der Waals surface area (Å²) < 4.78 is 45.4. The quantitative estimate of drug-likeness (QED) is 0.574. The van der Waals surface area contributed by atoms with Gasteiger partial charge in [0, 0.05) is 23.6 Å². The summed E-state index contributed by atoms with van der Waals surface area (Å²) in [5.41, 5.74) is 0.714. The Hall–Kier alpha value is -2.62. The minimum Gasteiger partial charge on any atom is -0.497 e. The molecule has 1 fully saturated rings. The first-order valence-electron chi connectivity index (χ1n) is 11.0. The van der Waals surface area contributed by atoms with Crippen LogP contribution in [0.3, 0.4) is 0 Å². The normalized spacial score (nSPS) is 19.3. The topological polar surface area (TPSA) is 84.0 Å². The molecule has 0 aromatic heterocycles. The van der Waals surface area contributed by atoms with Crippen molar-refractivity contribution in [3.8, 4) is 5.75 Å². The van der Waals surface area contributed by atoms with Crippen molar-refractivity contribution in [1.82, 2.24) is 9.21 Å². The lowest BCUT2D eigenvalue weighted by Crippen LogP contribution is -2.43. The van der Waals surface area contributed by atoms with Crippen LogP contribution in [0.15, 0.2) is 47.4 Å². The van der Waals surface area contributed by atoms with Crippen molar-refractivity contribution >= 4 is 21.6 Å². The molecule has 0 aliphatic carbocycles. The maximum Gasteiger partial charge on any atom is 0.244 e. The third-order valence-corrected chi connectivity index (χ3v) is 8.30. The smallest absolute Gasteiger partial charge is 0.244 e. The van der Waals surface area contributed by atoms with E-state index in [1.807, 2.05) is 0 Å². The van der Waals surface area contributed by atoms with Crippen LogP contribution in [0.4, 0.5) is 4.39 Å². The minimum absolute atomic E-state index is 0.0275. The first-order chi connectivity index (χ1) is 15.8. The number of halogens is 1. The molecule has 0 radical (unpaired) electrons. The number of sulfonamides is 1. The van der Waals surface area contributed by atoms with Gasteiger partial charge in [-0.05, 0) is 81.4 Å². The van der Waals surface area contributed by atoms with Gasteiger partial charge in [-0.15, -0.1) is 0 Å². The predicted octanol–water partition coefficient (Wildman–Crippen LogP) is 3.01. The number of hydrogen-bond acceptors (Lipinski definition) is 6. The van der Waals surface area contributed by atoms with Crippen molar-refractivity contribution in [3.63, 3.8) is 0 Å². The van der Waals surface area contributed by atoms with Crippen LogP contribution >= 0.6 is 0 Å². The van der Waals surface area contributed by atoms with E-state index in [0.717, 1.165) is 13.1 Å².